The summed E-state index contributed by atoms with van der Waals surface area (Å²) in [6.45, 7) is 2.49. The Labute approximate surface area is 154 Å². The van der Waals surface area contributed by atoms with Gasteiger partial charge in [0.2, 0.25) is 0 Å². The zero-order valence-corrected chi connectivity index (χ0v) is 15.3. The van der Waals surface area contributed by atoms with E-state index in [2.05, 4.69) is 26.5 Å². The Morgan fingerprint density at radius 3 is 2.68 bits per heavy atom. The van der Waals surface area contributed by atoms with E-state index in [-0.39, 0.29) is 5.91 Å². The topological polar surface area (TPSA) is 50.7 Å². The number of halogens is 1. The van der Waals surface area contributed by atoms with Gasteiger partial charge in [0.05, 0.1) is 18.4 Å². The Bertz CT molecular complexity index is 938. The van der Waals surface area contributed by atoms with E-state index in [1.807, 2.05) is 55.5 Å². The second kappa shape index (κ2) is 7.94. The Morgan fingerprint density at radius 1 is 1.12 bits per heavy atom. The predicted molar refractivity (Wildman–Crippen MR) is 104 cm³/mol. The normalized spacial score (nSPS) is 11.0. The van der Waals surface area contributed by atoms with Crippen molar-refractivity contribution in [2.75, 3.05) is 6.61 Å². The van der Waals surface area contributed by atoms with Crippen molar-refractivity contribution in [2.24, 2.45) is 5.10 Å². The quantitative estimate of drug-likeness (QED) is 0.498. The molecule has 25 heavy (non-hydrogen) atoms. The number of fused-ring (bicyclic) bond motifs is 1. The molecule has 0 radical (unpaired) electrons. The van der Waals surface area contributed by atoms with Crippen LogP contribution in [0.25, 0.3) is 10.8 Å². The fourth-order valence-corrected chi connectivity index (χ4v) is 3.02. The summed E-state index contributed by atoms with van der Waals surface area (Å²) in [5, 5.41) is 6.23. The summed E-state index contributed by atoms with van der Waals surface area (Å²) >= 11 is 3.37. The highest BCUT2D eigenvalue weighted by Gasteiger charge is 2.09. The smallest absolute Gasteiger partial charge is 0.272 e. The van der Waals surface area contributed by atoms with Crippen molar-refractivity contribution in [2.45, 2.75) is 6.92 Å². The van der Waals surface area contributed by atoms with E-state index in [0.29, 0.717) is 12.2 Å². The molecule has 1 N–H and O–H groups in total. The molecule has 0 fully saturated rings. The average molecular weight is 397 g/mol. The number of hydrogen-bond donors (Lipinski definition) is 1. The maximum Gasteiger partial charge on any atom is 0.272 e. The van der Waals surface area contributed by atoms with Crippen molar-refractivity contribution < 1.29 is 9.53 Å². The molecule has 0 atom stereocenters. The largest absolute Gasteiger partial charge is 0.493 e. The fourth-order valence-electron chi connectivity index (χ4n) is 2.55. The maximum absolute atomic E-state index is 12.2. The first-order valence-corrected chi connectivity index (χ1v) is 8.72. The van der Waals surface area contributed by atoms with Crippen molar-refractivity contribution in [3.63, 3.8) is 0 Å². The maximum atomic E-state index is 12.2. The Kier molecular flexibility index (Phi) is 5.46. The average Bonchev–Trinajstić information content (AvgIpc) is 2.63. The highest BCUT2D eigenvalue weighted by atomic mass is 79.9. The van der Waals surface area contributed by atoms with Crippen LogP contribution in [0.15, 0.2) is 70.2 Å². The first kappa shape index (κ1) is 17.2. The number of carbonyl (C=O) groups excluding carboxylic acids is 1. The van der Waals surface area contributed by atoms with Gasteiger partial charge in [-0.2, -0.15) is 5.10 Å². The zero-order chi connectivity index (χ0) is 17.6. The Hall–Kier alpha value is -2.66. The minimum absolute atomic E-state index is 0.276. The molecule has 0 aliphatic rings. The fraction of sp³-hybridized carbons (Fsp3) is 0.100. The van der Waals surface area contributed by atoms with Gasteiger partial charge in [0.1, 0.15) is 5.75 Å². The number of rotatable bonds is 5. The molecule has 126 valence electrons. The summed E-state index contributed by atoms with van der Waals surface area (Å²) in [5.41, 5.74) is 3.94. The van der Waals surface area contributed by atoms with Crippen molar-refractivity contribution >= 4 is 38.8 Å². The van der Waals surface area contributed by atoms with Crippen molar-refractivity contribution in [1.29, 1.82) is 0 Å². The number of hydrogen-bond acceptors (Lipinski definition) is 3. The number of hydrazone groups is 1. The summed E-state index contributed by atoms with van der Waals surface area (Å²) in [6, 6.07) is 19.1. The Morgan fingerprint density at radius 2 is 1.88 bits per heavy atom. The minimum Gasteiger partial charge on any atom is -0.493 e. The lowest BCUT2D eigenvalue weighted by Crippen LogP contribution is -2.18. The van der Waals surface area contributed by atoms with E-state index in [9.17, 15) is 4.79 Å². The van der Waals surface area contributed by atoms with Crippen LogP contribution in [-0.4, -0.2) is 18.7 Å². The van der Waals surface area contributed by atoms with Gasteiger partial charge in [0.25, 0.3) is 5.91 Å². The van der Waals surface area contributed by atoms with Gasteiger partial charge in [-0.3, -0.25) is 4.79 Å². The molecule has 0 unspecified atom stereocenters. The molecule has 0 heterocycles. The van der Waals surface area contributed by atoms with Crippen LogP contribution in [-0.2, 0) is 0 Å². The number of ether oxygens (including phenoxy) is 1. The molecule has 0 aliphatic heterocycles. The molecule has 1 amide bonds. The predicted octanol–water partition coefficient (Wildman–Crippen LogP) is 4.76. The molecule has 0 aromatic heterocycles. The van der Waals surface area contributed by atoms with Crippen LogP contribution in [0.1, 0.15) is 22.8 Å². The number of nitrogens with zero attached hydrogens (tertiary/aromatic N) is 1. The summed E-state index contributed by atoms with van der Waals surface area (Å²) in [6.07, 6.45) is 1.63. The summed E-state index contributed by atoms with van der Waals surface area (Å²) in [7, 11) is 0. The summed E-state index contributed by atoms with van der Waals surface area (Å²) in [4.78, 5) is 12.2. The highest BCUT2D eigenvalue weighted by Crippen LogP contribution is 2.26. The van der Waals surface area contributed by atoms with Gasteiger partial charge in [-0.1, -0.05) is 42.5 Å². The van der Waals surface area contributed by atoms with Gasteiger partial charge < -0.3 is 4.74 Å². The molecule has 5 heteroatoms. The van der Waals surface area contributed by atoms with E-state index in [1.54, 1.807) is 18.3 Å². The standard InChI is InChI=1S/C20H17BrN2O2/c1-2-25-19-12-11-14-7-3-4-8-15(14)17(19)13-22-23-20(24)16-9-5-6-10-18(16)21/h3-13H,2H2,1H3,(H,23,24)/b22-13+. The first-order valence-electron chi connectivity index (χ1n) is 7.93. The van der Waals surface area contributed by atoms with Crippen molar-refractivity contribution in [1.82, 2.24) is 5.43 Å². The van der Waals surface area contributed by atoms with Crippen LogP contribution in [0.5, 0.6) is 5.75 Å². The van der Waals surface area contributed by atoms with Crippen molar-refractivity contribution in [3.05, 3.63) is 76.3 Å². The number of amides is 1. The third kappa shape index (κ3) is 3.88. The number of benzene rings is 3. The second-order valence-corrected chi connectivity index (χ2v) is 6.16. The molecule has 3 aromatic carbocycles. The van der Waals surface area contributed by atoms with Crippen LogP contribution in [0, 0.1) is 0 Å². The van der Waals surface area contributed by atoms with Crippen LogP contribution in [0.3, 0.4) is 0 Å². The number of nitrogens with one attached hydrogen (secondary N) is 1. The van der Waals surface area contributed by atoms with Gasteiger partial charge in [0, 0.05) is 10.0 Å². The molecular weight excluding hydrogens is 380 g/mol. The van der Waals surface area contributed by atoms with Crippen LogP contribution < -0.4 is 10.2 Å². The van der Waals surface area contributed by atoms with E-state index in [1.165, 1.54) is 0 Å². The minimum atomic E-state index is -0.276. The van der Waals surface area contributed by atoms with Gasteiger partial charge >= 0.3 is 0 Å². The van der Waals surface area contributed by atoms with Gasteiger partial charge in [0.15, 0.2) is 0 Å². The number of carbonyl (C=O) groups is 1. The monoisotopic (exact) mass is 396 g/mol. The molecule has 0 bridgehead atoms. The third-order valence-corrected chi connectivity index (χ3v) is 4.40. The zero-order valence-electron chi connectivity index (χ0n) is 13.7. The molecule has 0 saturated carbocycles. The Balaban J connectivity index is 1.89. The van der Waals surface area contributed by atoms with E-state index in [0.717, 1.165) is 26.6 Å². The van der Waals surface area contributed by atoms with Crippen LogP contribution in [0.2, 0.25) is 0 Å². The van der Waals surface area contributed by atoms with Gasteiger partial charge in [-0.15, -0.1) is 0 Å². The van der Waals surface area contributed by atoms with E-state index < -0.39 is 0 Å². The third-order valence-electron chi connectivity index (χ3n) is 3.71. The van der Waals surface area contributed by atoms with Gasteiger partial charge in [-0.25, -0.2) is 5.43 Å². The molecule has 0 saturated heterocycles. The summed E-state index contributed by atoms with van der Waals surface area (Å²) in [5.74, 6) is 0.460. The van der Waals surface area contributed by atoms with E-state index >= 15 is 0 Å². The van der Waals surface area contributed by atoms with Crippen LogP contribution in [0.4, 0.5) is 0 Å². The first-order chi connectivity index (χ1) is 12.2. The summed E-state index contributed by atoms with van der Waals surface area (Å²) < 4.78 is 6.42. The SMILES string of the molecule is CCOc1ccc2ccccc2c1/C=N/NC(=O)c1ccccc1Br. The highest BCUT2D eigenvalue weighted by molar-refractivity contribution is 9.10. The molecule has 3 rings (SSSR count). The lowest BCUT2D eigenvalue weighted by Gasteiger charge is -2.10. The molecule has 3 aromatic rings. The lowest BCUT2D eigenvalue weighted by atomic mass is 10.0. The van der Waals surface area contributed by atoms with E-state index in [4.69, 9.17) is 4.74 Å². The van der Waals surface area contributed by atoms with Crippen molar-refractivity contribution in [3.8, 4) is 5.75 Å². The lowest BCUT2D eigenvalue weighted by molar-refractivity contribution is 0.0954. The molecule has 0 aliphatic carbocycles. The second-order valence-electron chi connectivity index (χ2n) is 5.31. The van der Waals surface area contributed by atoms with Crippen LogP contribution >= 0.6 is 15.9 Å². The molecule has 4 nitrogen and oxygen atoms in total. The molecule has 0 spiro atoms. The molecular formula is C20H17BrN2O2. The van der Waals surface area contributed by atoms with Gasteiger partial charge in [-0.05, 0) is 51.8 Å².